The van der Waals surface area contributed by atoms with Crippen LogP contribution in [0.2, 0.25) is 0 Å². The first-order valence-corrected chi connectivity index (χ1v) is 9.19. The maximum Gasteiger partial charge on any atom is 0.238 e. The van der Waals surface area contributed by atoms with E-state index in [1.807, 2.05) is 13.8 Å². The summed E-state index contributed by atoms with van der Waals surface area (Å²) in [6.07, 6.45) is 4.78. The van der Waals surface area contributed by atoms with Gasteiger partial charge in [0.25, 0.3) is 0 Å². The van der Waals surface area contributed by atoms with Crippen molar-refractivity contribution in [2.75, 3.05) is 25.0 Å². The number of hydrogen-bond acceptors (Lipinski definition) is 7. The molecule has 1 saturated heterocycles. The third kappa shape index (κ3) is 3.77. The Labute approximate surface area is 163 Å². The van der Waals surface area contributed by atoms with E-state index in [-0.39, 0.29) is 11.8 Å². The molecule has 8 nitrogen and oxygen atoms in total. The minimum atomic E-state index is -0.0146. The molecule has 1 amide bonds. The van der Waals surface area contributed by atoms with Crippen LogP contribution in [0.25, 0.3) is 11.5 Å². The van der Waals surface area contributed by atoms with Crippen molar-refractivity contribution in [2.24, 2.45) is 0 Å². The second-order valence-electron chi connectivity index (χ2n) is 7.26. The molecule has 1 aliphatic heterocycles. The summed E-state index contributed by atoms with van der Waals surface area (Å²) < 4.78 is 5.36. The van der Waals surface area contributed by atoms with Gasteiger partial charge in [-0.25, -0.2) is 4.98 Å². The van der Waals surface area contributed by atoms with Crippen LogP contribution in [0.3, 0.4) is 0 Å². The number of nitrogens with zero attached hydrogens (tertiary/aromatic N) is 5. The first kappa shape index (κ1) is 18.2. The molecule has 0 spiro atoms. The molecule has 28 heavy (non-hydrogen) atoms. The number of carbonyl (C=O) groups is 1. The lowest BCUT2D eigenvalue weighted by molar-refractivity contribution is -0.118. The van der Waals surface area contributed by atoms with Gasteiger partial charge in [0, 0.05) is 31.2 Å². The van der Waals surface area contributed by atoms with E-state index in [2.05, 4.69) is 49.4 Å². The normalized spacial score (nSPS) is 14.7. The van der Waals surface area contributed by atoms with Crippen LogP contribution in [0, 0.1) is 20.8 Å². The van der Waals surface area contributed by atoms with Crippen LogP contribution in [0.1, 0.15) is 28.5 Å². The monoisotopic (exact) mass is 378 g/mol. The fourth-order valence-electron chi connectivity index (χ4n) is 3.53. The summed E-state index contributed by atoms with van der Waals surface area (Å²) in [6, 6.07) is 4.15. The molecule has 4 rings (SSSR count). The molecule has 0 atom stereocenters. The van der Waals surface area contributed by atoms with Crippen LogP contribution in [0.4, 0.5) is 5.69 Å². The van der Waals surface area contributed by atoms with E-state index in [1.165, 1.54) is 5.56 Å². The zero-order valence-electron chi connectivity index (χ0n) is 16.1. The fourth-order valence-corrected chi connectivity index (χ4v) is 3.53. The molecule has 1 N–H and O–H groups in total. The summed E-state index contributed by atoms with van der Waals surface area (Å²) in [5.74, 6) is 1.12. The van der Waals surface area contributed by atoms with Crippen LogP contribution in [-0.4, -0.2) is 50.5 Å². The highest BCUT2D eigenvalue weighted by atomic mass is 16.5. The summed E-state index contributed by atoms with van der Waals surface area (Å²) in [4.78, 5) is 27.1. The van der Waals surface area contributed by atoms with Gasteiger partial charge in [-0.3, -0.25) is 14.7 Å². The van der Waals surface area contributed by atoms with Crippen LogP contribution >= 0.6 is 0 Å². The molecule has 0 saturated carbocycles. The van der Waals surface area contributed by atoms with Crippen molar-refractivity contribution in [3.8, 4) is 11.5 Å². The van der Waals surface area contributed by atoms with Crippen molar-refractivity contribution in [1.82, 2.24) is 25.0 Å². The molecule has 0 unspecified atom stereocenters. The van der Waals surface area contributed by atoms with Gasteiger partial charge >= 0.3 is 0 Å². The Balaban J connectivity index is 1.31. The van der Waals surface area contributed by atoms with Gasteiger partial charge in [-0.05, 0) is 31.9 Å². The Hall–Kier alpha value is -3.13. The molecular weight excluding hydrogens is 356 g/mol. The average Bonchev–Trinajstić information content (AvgIpc) is 3.11. The molecule has 8 heteroatoms. The molecule has 3 heterocycles. The molecule has 1 aromatic carbocycles. The Bertz CT molecular complexity index is 972. The Morgan fingerprint density at radius 2 is 1.96 bits per heavy atom. The van der Waals surface area contributed by atoms with Gasteiger partial charge in [-0.2, -0.15) is 4.98 Å². The third-order valence-corrected chi connectivity index (χ3v) is 4.85. The van der Waals surface area contributed by atoms with Gasteiger partial charge in [0.05, 0.1) is 18.7 Å². The zero-order valence-corrected chi connectivity index (χ0v) is 16.1. The largest absolute Gasteiger partial charge is 0.339 e. The van der Waals surface area contributed by atoms with E-state index < -0.39 is 0 Å². The lowest BCUT2D eigenvalue weighted by Gasteiger charge is -2.36. The third-order valence-electron chi connectivity index (χ3n) is 4.85. The molecule has 0 aliphatic carbocycles. The lowest BCUT2D eigenvalue weighted by atomic mass is 10.00. The maximum absolute atomic E-state index is 12.4. The second-order valence-corrected chi connectivity index (χ2v) is 7.26. The topological polar surface area (TPSA) is 97.0 Å². The molecule has 1 aliphatic rings. The van der Waals surface area contributed by atoms with Crippen LogP contribution in [-0.2, 0) is 4.79 Å². The van der Waals surface area contributed by atoms with Crippen molar-refractivity contribution >= 4 is 11.6 Å². The summed E-state index contributed by atoms with van der Waals surface area (Å²) in [5, 5.41) is 7.01. The van der Waals surface area contributed by atoms with E-state index >= 15 is 0 Å². The predicted octanol–water partition coefficient (Wildman–Crippen LogP) is 2.49. The number of carbonyl (C=O) groups excluding carboxylic acids is 1. The van der Waals surface area contributed by atoms with Crippen LogP contribution in [0.15, 0.2) is 35.2 Å². The second kappa shape index (κ2) is 7.47. The quantitative estimate of drug-likeness (QED) is 0.728. The number of amides is 1. The minimum absolute atomic E-state index is 0.0146. The van der Waals surface area contributed by atoms with Crippen molar-refractivity contribution < 1.29 is 9.32 Å². The van der Waals surface area contributed by atoms with Crippen LogP contribution in [0.5, 0.6) is 0 Å². The number of hydrogen-bond donors (Lipinski definition) is 1. The Kier molecular flexibility index (Phi) is 4.87. The average molecular weight is 378 g/mol. The standard InChI is InChI=1S/C20H22N6O2/c1-12-6-13(2)18(14(3)7-12)23-17(27)11-26-9-15(10-26)20-24-19(25-28-20)16-8-21-4-5-22-16/h4-8,15H,9-11H2,1-3H3,(H,23,27). The van der Waals surface area contributed by atoms with Gasteiger partial charge in [0.15, 0.2) is 0 Å². The first-order valence-electron chi connectivity index (χ1n) is 9.19. The predicted molar refractivity (Wildman–Crippen MR) is 104 cm³/mol. The van der Waals surface area contributed by atoms with Gasteiger partial charge in [-0.15, -0.1) is 0 Å². The summed E-state index contributed by atoms with van der Waals surface area (Å²) in [5.41, 5.74) is 4.83. The summed E-state index contributed by atoms with van der Waals surface area (Å²) in [6.45, 7) is 7.84. The number of nitrogens with one attached hydrogen (secondary N) is 1. The molecule has 0 radical (unpaired) electrons. The molecule has 144 valence electrons. The molecule has 0 bridgehead atoms. The highest BCUT2D eigenvalue weighted by molar-refractivity contribution is 5.93. The minimum Gasteiger partial charge on any atom is -0.339 e. The van der Waals surface area contributed by atoms with E-state index in [0.29, 0.717) is 37.0 Å². The lowest BCUT2D eigenvalue weighted by Crippen LogP contribution is -2.48. The van der Waals surface area contributed by atoms with Crippen molar-refractivity contribution in [2.45, 2.75) is 26.7 Å². The number of rotatable bonds is 5. The zero-order chi connectivity index (χ0) is 19.7. The maximum atomic E-state index is 12.4. The van der Waals surface area contributed by atoms with Gasteiger partial charge in [0.2, 0.25) is 17.6 Å². The van der Waals surface area contributed by atoms with Crippen LogP contribution < -0.4 is 5.32 Å². The van der Waals surface area contributed by atoms with Gasteiger partial charge < -0.3 is 9.84 Å². The highest BCUT2D eigenvalue weighted by Crippen LogP contribution is 2.27. The first-order chi connectivity index (χ1) is 13.5. The Morgan fingerprint density at radius 1 is 1.21 bits per heavy atom. The Morgan fingerprint density at radius 3 is 2.64 bits per heavy atom. The van der Waals surface area contributed by atoms with Gasteiger partial charge in [0.1, 0.15) is 5.69 Å². The number of aryl methyl sites for hydroxylation is 3. The fraction of sp³-hybridized carbons (Fsp3) is 0.350. The van der Waals surface area contributed by atoms with Crippen molar-refractivity contribution in [3.05, 3.63) is 53.3 Å². The van der Waals surface area contributed by atoms with E-state index in [4.69, 9.17) is 4.52 Å². The molecule has 1 fully saturated rings. The summed E-state index contributed by atoms with van der Waals surface area (Å²) >= 11 is 0. The number of benzene rings is 1. The number of aromatic nitrogens is 4. The highest BCUT2D eigenvalue weighted by Gasteiger charge is 2.33. The molecule has 3 aromatic rings. The van der Waals surface area contributed by atoms with Gasteiger partial charge in [-0.1, -0.05) is 22.9 Å². The van der Waals surface area contributed by atoms with Crippen molar-refractivity contribution in [3.63, 3.8) is 0 Å². The SMILES string of the molecule is Cc1cc(C)c(NC(=O)CN2CC(c3nc(-c4cnccn4)no3)C2)c(C)c1. The molecular formula is C20H22N6O2. The smallest absolute Gasteiger partial charge is 0.238 e. The number of likely N-dealkylation sites (tertiary alicyclic amines) is 1. The number of anilines is 1. The molecule has 2 aromatic heterocycles. The van der Waals surface area contributed by atoms with Crippen molar-refractivity contribution in [1.29, 1.82) is 0 Å². The van der Waals surface area contributed by atoms with E-state index in [0.717, 1.165) is 16.8 Å². The van der Waals surface area contributed by atoms with E-state index in [9.17, 15) is 4.79 Å². The summed E-state index contributed by atoms with van der Waals surface area (Å²) in [7, 11) is 0. The van der Waals surface area contributed by atoms with E-state index in [1.54, 1.807) is 18.6 Å².